The summed E-state index contributed by atoms with van der Waals surface area (Å²) < 4.78 is 13.0. The van der Waals surface area contributed by atoms with Crippen LogP contribution < -0.4 is 10.1 Å². The molecule has 0 bridgehead atoms. The van der Waals surface area contributed by atoms with Crippen molar-refractivity contribution >= 4 is 31.9 Å². The molecule has 1 aromatic rings. The van der Waals surface area contributed by atoms with Gasteiger partial charge in [0.2, 0.25) is 0 Å². The Morgan fingerprint density at radius 1 is 1.37 bits per heavy atom. The molecule has 5 heteroatoms. The van der Waals surface area contributed by atoms with Crippen LogP contribution in [0.3, 0.4) is 0 Å². The van der Waals surface area contributed by atoms with Crippen LogP contribution >= 0.6 is 31.9 Å². The Labute approximate surface area is 131 Å². The molecule has 0 saturated carbocycles. The Morgan fingerprint density at radius 3 is 2.58 bits per heavy atom. The van der Waals surface area contributed by atoms with E-state index in [0.29, 0.717) is 6.61 Å². The zero-order valence-electron chi connectivity index (χ0n) is 11.3. The molecule has 0 spiro atoms. The molecule has 1 N–H and O–H groups in total. The molecule has 1 saturated heterocycles. The molecule has 1 fully saturated rings. The van der Waals surface area contributed by atoms with Crippen LogP contribution in [0, 0.1) is 0 Å². The van der Waals surface area contributed by atoms with Gasteiger partial charge in [-0.1, -0.05) is 0 Å². The fourth-order valence-electron chi connectivity index (χ4n) is 2.12. The highest BCUT2D eigenvalue weighted by Gasteiger charge is 2.28. The Bertz CT molecular complexity index is 422. The first-order valence-corrected chi connectivity index (χ1v) is 8.06. The van der Waals surface area contributed by atoms with Gasteiger partial charge in [0, 0.05) is 18.7 Å². The standard InChI is InChI=1S/C14H19Br2NO2/c1-3-19-13-11(15)6-10(7-12(13)16)8-17-14(2)4-5-18-9-14/h6-7,17H,3-5,8-9H2,1-2H3. The molecule has 0 amide bonds. The van der Waals surface area contributed by atoms with Gasteiger partial charge in [-0.25, -0.2) is 0 Å². The third-order valence-corrected chi connectivity index (χ3v) is 4.46. The van der Waals surface area contributed by atoms with Crippen molar-refractivity contribution in [1.29, 1.82) is 0 Å². The van der Waals surface area contributed by atoms with Gasteiger partial charge in [-0.3, -0.25) is 0 Å². The van der Waals surface area contributed by atoms with Gasteiger partial charge >= 0.3 is 0 Å². The number of hydrogen-bond donors (Lipinski definition) is 1. The lowest BCUT2D eigenvalue weighted by Gasteiger charge is -2.24. The molecule has 0 aliphatic carbocycles. The van der Waals surface area contributed by atoms with Crippen molar-refractivity contribution in [3.63, 3.8) is 0 Å². The molecule has 1 aliphatic rings. The van der Waals surface area contributed by atoms with E-state index >= 15 is 0 Å². The summed E-state index contributed by atoms with van der Waals surface area (Å²) in [5.74, 6) is 0.863. The summed E-state index contributed by atoms with van der Waals surface area (Å²) in [5, 5.41) is 3.57. The van der Waals surface area contributed by atoms with E-state index in [-0.39, 0.29) is 5.54 Å². The summed E-state index contributed by atoms with van der Waals surface area (Å²) in [6.07, 6.45) is 1.06. The first-order valence-electron chi connectivity index (χ1n) is 6.47. The van der Waals surface area contributed by atoms with E-state index in [2.05, 4.69) is 56.2 Å². The Balaban J connectivity index is 2.05. The highest BCUT2D eigenvalue weighted by molar-refractivity contribution is 9.11. The first-order chi connectivity index (χ1) is 9.04. The Kier molecular flexibility index (Phi) is 5.29. The van der Waals surface area contributed by atoms with E-state index in [1.807, 2.05) is 6.92 Å². The van der Waals surface area contributed by atoms with Crippen molar-refractivity contribution in [3.8, 4) is 5.75 Å². The third kappa shape index (κ3) is 3.94. The van der Waals surface area contributed by atoms with E-state index in [9.17, 15) is 0 Å². The maximum absolute atomic E-state index is 5.59. The van der Waals surface area contributed by atoms with Gasteiger partial charge in [0.05, 0.1) is 22.2 Å². The minimum atomic E-state index is 0.0948. The van der Waals surface area contributed by atoms with Crippen LogP contribution in [-0.2, 0) is 11.3 Å². The maximum atomic E-state index is 5.59. The van der Waals surface area contributed by atoms with Crippen LogP contribution in [0.15, 0.2) is 21.1 Å². The van der Waals surface area contributed by atoms with Gasteiger partial charge < -0.3 is 14.8 Å². The molecule has 1 aliphatic heterocycles. The lowest BCUT2D eigenvalue weighted by atomic mass is 10.0. The summed E-state index contributed by atoms with van der Waals surface area (Å²) in [5.41, 5.74) is 1.31. The highest BCUT2D eigenvalue weighted by Crippen LogP contribution is 2.35. The van der Waals surface area contributed by atoms with E-state index in [1.165, 1.54) is 5.56 Å². The summed E-state index contributed by atoms with van der Waals surface area (Å²) in [6.45, 7) is 7.30. The predicted molar refractivity (Wildman–Crippen MR) is 83.7 cm³/mol. The minimum absolute atomic E-state index is 0.0948. The number of ether oxygens (including phenoxy) is 2. The average Bonchev–Trinajstić information content (AvgIpc) is 2.79. The van der Waals surface area contributed by atoms with E-state index < -0.39 is 0 Å². The van der Waals surface area contributed by atoms with Crippen molar-refractivity contribution in [2.45, 2.75) is 32.4 Å². The molecule has 1 aromatic carbocycles. The summed E-state index contributed by atoms with van der Waals surface area (Å²) in [7, 11) is 0. The fraction of sp³-hybridized carbons (Fsp3) is 0.571. The van der Waals surface area contributed by atoms with Crippen LogP contribution in [0.4, 0.5) is 0 Å². The second-order valence-electron chi connectivity index (χ2n) is 5.04. The van der Waals surface area contributed by atoms with Gasteiger partial charge in [-0.05, 0) is 69.8 Å². The maximum Gasteiger partial charge on any atom is 0.147 e. The molecule has 0 aromatic heterocycles. The average molecular weight is 393 g/mol. The lowest BCUT2D eigenvalue weighted by molar-refractivity contribution is 0.171. The van der Waals surface area contributed by atoms with E-state index in [0.717, 1.165) is 40.9 Å². The zero-order valence-corrected chi connectivity index (χ0v) is 14.4. The van der Waals surface area contributed by atoms with Crippen molar-refractivity contribution in [1.82, 2.24) is 5.32 Å². The van der Waals surface area contributed by atoms with E-state index in [1.54, 1.807) is 0 Å². The summed E-state index contributed by atoms with van der Waals surface area (Å²) in [6, 6.07) is 4.20. The molecule has 0 radical (unpaired) electrons. The smallest absolute Gasteiger partial charge is 0.147 e. The SMILES string of the molecule is CCOc1c(Br)cc(CNC2(C)CCOC2)cc1Br. The number of rotatable bonds is 5. The minimum Gasteiger partial charge on any atom is -0.492 e. The molecule has 19 heavy (non-hydrogen) atoms. The summed E-state index contributed by atoms with van der Waals surface area (Å²) >= 11 is 7.12. The first kappa shape index (κ1) is 15.3. The van der Waals surface area contributed by atoms with Crippen LogP contribution in [0.2, 0.25) is 0 Å². The molecule has 3 nitrogen and oxygen atoms in total. The number of halogens is 2. The lowest BCUT2D eigenvalue weighted by Crippen LogP contribution is -2.42. The highest BCUT2D eigenvalue weighted by atomic mass is 79.9. The summed E-state index contributed by atoms with van der Waals surface area (Å²) in [4.78, 5) is 0. The zero-order chi connectivity index (χ0) is 13.9. The monoisotopic (exact) mass is 391 g/mol. The van der Waals surface area contributed by atoms with Crippen molar-refractivity contribution in [3.05, 3.63) is 26.6 Å². The molecule has 1 atom stereocenters. The number of hydrogen-bond acceptors (Lipinski definition) is 3. The van der Waals surface area contributed by atoms with Crippen LogP contribution in [-0.4, -0.2) is 25.4 Å². The molecule has 1 heterocycles. The molecule has 1 unspecified atom stereocenters. The van der Waals surface area contributed by atoms with Crippen molar-refractivity contribution in [2.24, 2.45) is 0 Å². The van der Waals surface area contributed by atoms with Crippen LogP contribution in [0.1, 0.15) is 25.8 Å². The Hall–Kier alpha value is -0.100. The van der Waals surface area contributed by atoms with Gasteiger partial charge in [-0.15, -0.1) is 0 Å². The molecular formula is C14H19Br2NO2. The van der Waals surface area contributed by atoms with Gasteiger partial charge in [-0.2, -0.15) is 0 Å². The predicted octanol–water partition coefficient (Wildman–Crippen LogP) is 3.88. The van der Waals surface area contributed by atoms with Crippen LogP contribution in [0.5, 0.6) is 5.75 Å². The van der Waals surface area contributed by atoms with Gasteiger partial charge in [0.15, 0.2) is 0 Å². The van der Waals surface area contributed by atoms with E-state index in [4.69, 9.17) is 9.47 Å². The quantitative estimate of drug-likeness (QED) is 0.824. The molecular weight excluding hydrogens is 374 g/mol. The normalized spacial score (nSPS) is 22.7. The van der Waals surface area contributed by atoms with Gasteiger partial charge in [0.1, 0.15) is 5.75 Å². The van der Waals surface area contributed by atoms with Crippen molar-refractivity contribution in [2.75, 3.05) is 19.8 Å². The topological polar surface area (TPSA) is 30.5 Å². The third-order valence-electron chi connectivity index (χ3n) is 3.28. The molecule has 106 valence electrons. The molecule has 2 rings (SSSR count). The van der Waals surface area contributed by atoms with Gasteiger partial charge in [0.25, 0.3) is 0 Å². The number of nitrogens with one attached hydrogen (secondary N) is 1. The Morgan fingerprint density at radius 2 is 2.05 bits per heavy atom. The second-order valence-corrected chi connectivity index (χ2v) is 6.75. The second kappa shape index (κ2) is 6.57. The van der Waals surface area contributed by atoms with Crippen LogP contribution in [0.25, 0.3) is 0 Å². The van der Waals surface area contributed by atoms with Crippen molar-refractivity contribution < 1.29 is 9.47 Å². The fourth-order valence-corrected chi connectivity index (χ4v) is 3.63. The largest absolute Gasteiger partial charge is 0.492 e. The number of benzene rings is 1.